The maximum absolute atomic E-state index is 8.22. The third-order valence-electron chi connectivity index (χ3n) is 0.785. The first kappa shape index (κ1) is 7.93. The fourth-order valence-corrected chi connectivity index (χ4v) is 0.365. The zero-order chi connectivity index (χ0) is 7.11. The number of nitrogens with one attached hydrogen (secondary N) is 1. The normalized spacial score (nSPS) is 7.89. The second-order valence-corrected chi connectivity index (χ2v) is 1.63. The van der Waals surface area contributed by atoms with Crippen molar-refractivity contribution < 1.29 is 0 Å². The molecule has 0 aromatic rings. The van der Waals surface area contributed by atoms with Crippen molar-refractivity contribution >= 4 is 0 Å². The van der Waals surface area contributed by atoms with E-state index in [0.29, 0.717) is 12.1 Å². The van der Waals surface area contributed by atoms with Gasteiger partial charge in [-0.3, -0.25) is 0 Å². The molecule has 1 N–H and O–H groups in total. The molecule has 0 heterocycles. The van der Waals surface area contributed by atoms with Crippen molar-refractivity contribution in [2.24, 2.45) is 0 Å². The average molecular weight is 122 g/mol. The Morgan fingerprint density at radius 2 is 2.44 bits per heavy atom. The molecule has 0 saturated carbocycles. The van der Waals surface area contributed by atoms with Gasteiger partial charge in [0.15, 0.2) is 0 Å². The molecule has 0 saturated heterocycles. The Morgan fingerprint density at radius 1 is 1.78 bits per heavy atom. The molecule has 2 heteroatoms. The number of nitrogens with zero attached hydrogens (tertiary/aromatic N) is 1. The lowest BCUT2D eigenvalue weighted by molar-refractivity contribution is 0.830. The van der Waals surface area contributed by atoms with Crippen LogP contribution < -0.4 is 5.32 Å². The van der Waals surface area contributed by atoms with E-state index in [9.17, 15) is 0 Å². The minimum atomic E-state index is 0.553. The first-order valence-electron chi connectivity index (χ1n) is 2.70. The molecule has 0 aromatic heterocycles. The summed E-state index contributed by atoms with van der Waals surface area (Å²) in [5.41, 5.74) is 0.553. The summed E-state index contributed by atoms with van der Waals surface area (Å²) >= 11 is 0. The molecule has 0 aliphatic heterocycles. The van der Waals surface area contributed by atoms with Crippen LogP contribution in [0.15, 0.2) is 24.8 Å². The second kappa shape index (κ2) is 5.07. The van der Waals surface area contributed by atoms with Crippen LogP contribution in [-0.2, 0) is 0 Å². The van der Waals surface area contributed by atoms with E-state index in [-0.39, 0.29) is 0 Å². The molecule has 2 nitrogen and oxygen atoms in total. The lowest BCUT2D eigenvalue weighted by Gasteiger charge is -1.95. The first-order valence-corrected chi connectivity index (χ1v) is 2.70. The molecule has 48 valence electrons. The highest BCUT2D eigenvalue weighted by atomic mass is 14.8. The van der Waals surface area contributed by atoms with Crippen LogP contribution in [-0.4, -0.2) is 13.1 Å². The van der Waals surface area contributed by atoms with Gasteiger partial charge in [0, 0.05) is 18.7 Å². The van der Waals surface area contributed by atoms with Crippen molar-refractivity contribution in [3.8, 4) is 6.07 Å². The van der Waals surface area contributed by atoms with E-state index in [2.05, 4.69) is 18.5 Å². The molecule has 0 radical (unpaired) electrons. The number of nitriles is 1. The van der Waals surface area contributed by atoms with E-state index in [1.807, 2.05) is 6.07 Å². The van der Waals surface area contributed by atoms with Crippen molar-refractivity contribution in [1.82, 2.24) is 5.32 Å². The van der Waals surface area contributed by atoms with Gasteiger partial charge in [-0.05, 0) is 0 Å². The standard InChI is InChI=1S/C7H10N2/c1-3-4-9-6-7(2)5-8/h3,9H,1-2,4,6H2. The van der Waals surface area contributed by atoms with Crippen molar-refractivity contribution in [2.45, 2.75) is 0 Å². The molecule has 0 rings (SSSR count). The third kappa shape index (κ3) is 4.79. The molecule has 0 spiro atoms. The van der Waals surface area contributed by atoms with Crippen molar-refractivity contribution in [3.05, 3.63) is 24.8 Å². The van der Waals surface area contributed by atoms with Crippen LogP contribution in [0.3, 0.4) is 0 Å². The predicted octanol–water partition coefficient (Wildman–Crippen LogP) is 0.842. The molecule has 0 aliphatic carbocycles. The van der Waals surface area contributed by atoms with Crippen molar-refractivity contribution in [1.29, 1.82) is 5.26 Å². The first-order chi connectivity index (χ1) is 4.31. The molecule has 0 unspecified atom stereocenters. The van der Waals surface area contributed by atoms with Gasteiger partial charge < -0.3 is 5.32 Å². The SMILES string of the molecule is C=CCNCC(=C)C#N. The topological polar surface area (TPSA) is 35.8 Å². The van der Waals surface area contributed by atoms with Crippen LogP contribution in [0.1, 0.15) is 0 Å². The Labute approximate surface area is 55.5 Å². The maximum atomic E-state index is 8.22. The summed E-state index contributed by atoms with van der Waals surface area (Å²) in [6, 6.07) is 1.93. The lowest BCUT2D eigenvalue weighted by Crippen LogP contribution is -2.15. The van der Waals surface area contributed by atoms with Crippen molar-refractivity contribution in [3.63, 3.8) is 0 Å². The molecular weight excluding hydrogens is 112 g/mol. The minimum Gasteiger partial charge on any atom is -0.309 e. The Balaban J connectivity index is 3.19. The Bertz CT molecular complexity index is 141. The number of rotatable bonds is 4. The molecule has 0 bridgehead atoms. The maximum Gasteiger partial charge on any atom is 0.0954 e. The van der Waals surface area contributed by atoms with E-state index in [1.54, 1.807) is 6.08 Å². The van der Waals surface area contributed by atoms with Crippen LogP contribution in [0.4, 0.5) is 0 Å². The predicted molar refractivity (Wildman–Crippen MR) is 37.8 cm³/mol. The summed E-state index contributed by atoms with van der Waals surface area (Å²) in [4.78, 5) is 0. The molecule has 0 aromatic carbocycles. The summed E-state index contributed by atoms with van der Waals surface area (Å²) in [5, 5.41) is 11.2. The van der Waals surface area contributed by atoms with Gasteiger partial charge >= 0.3 is 0 Å². The number of hydrogen-bond acceptors (Lipinski definition) is 2. The van der Waals surface area contributed by atoms with E-state index < -0.39 is 0 Å². The quantitative estimate of drug-likeness (QED) is 0.341. The van der Waals surface area contributed by atoms with Gasteiger partial charge in [0.2, 0.25) is 0 Å². The lowest BCUT2D eigenvalue weighted by atomic mass is 10.3. The Kier molecular flexibility index (Phi) is 4.47. The van der Waals surface area contributed by atoms with Crippen LogP contribution in [0, 0.1) is 11.3 Å². The van der Waals surface area contributed by atoms with Gasteiger partial charge in [-0.25, -0.2) is 0 Å². The largest absolute Gasteiger partial charge is 0.309 e. The van der Waals surface area contributed by atoms with Gasteiger partial charge in [0.1, 0.15) is 0 Å². The fourth-order valence-electron chi connectivity index (χ4n) is 0.365. The van der Waals surface area contributed by atoms with Crippen LogP contribution in [0.2, 0.25) is 0 Å². The number of hydrogen-bond donors (Lipinski definition) is 1. The molecule has 0 atom stereocenters. The summed E-state index contributed by atoms with van der Waals surface area (Å²) in [7, 11) is 0. The highest BCUT2D eigenvalue weighted by molar-refractivity contribution is 5.17. The second-order valence-electron chi connectivity index (χ2n) is 1.63. The van der Waals surface area contributed by atoms with E-state index >= 15 is 0 Å². The molecule has 0 fully saturated rings. The Morgan fingerprint density at radius 3 is 2.89 bits per heavy atom. The zero-order valence-corrected chi connectivity index (χ0v) is 5.35. The van der Waals surface area contributed by atoms with Gasteiger partial charge in [0.05, 0.1) is 6.07 Å². The van der Waals surface area contributed by atoms with E-state index in [0.717, 1.165) is 6.54 Å². The average Bonchev–Trinajstić information content (AvgIpc) is 1.89. The van der Waals surface area contributed by atoms with Gasteiger partial charge in [0.25, 0.3) is 0 Å². The van der Waals surface area contributed by atoms with E-state index in [1.165, 1.54) is 0 Å². The van der Waals surface area contributed by atoms with Gasteiger partial charge in [-0.2, -0.15) is 5.26 Å². The fraction of sp³-hybridized carbons (Fsp3) is 0.286. The van der Waals surface area contributed by atoms with Crippen LogP contribution in [0.5, 0.6) is 0 Å². The van der Waals surface area contributed by atoms with Gasteiger partial charge in [-0.1, -0.05) is 12.7 Å². The van der Waals surface area contributed by atoms with Gasteiger partial charge in [-0.15, -0.1) is 6.58 Å². The summed E-state index contributed by atoms with van der Waals surface area (Å²) < 4.78 is 0. The van der Waals surface area contributed by atoms with Crippen molar-refractivity contribution in [2.75, 3.05) is 13.1 Å². The highest BCUT2D eigenvalue weighted by Crippen LogP contribution is 1.80. The van der Waals surface area contributed by atoms with E-state index in [4.69, 9.17) is 5.26 Å². The summed E-state index contributed by atoms with van der Waals surface area (Å²) in [6.07, 6.45) is 1.74. The molecule has 0 aliphatic rings. The molecule has 9 heavy (non-hydrogen) atoms. The van der Waals surface area contributed by atoms with Crippen LogP contribution in [0.25, 0.3) is 0 Å². The van der Waals surface area contributed by atoms with Crippen LogP contribution >= 0.6 is 0 Å². The highest BCUT2D eigenvalue weighted by Gasteiger charge is 1.85. The zero-order valence-electron chi connectivity index (χ0n) is 5.35. The smallest absolute Gasteiger partial charge is 0.0954 e. The minimum absolute atomic E-state index is 0.553. The monoisotopic (exact) mass is 122 g/mol. The Hall–Kier alpha value is -1.07. The molecule has 0 amide bonds. The summed E-state index contributed by atoms with van der Waals surface area (Å²) in [6.45, 7) is 8.28. The summed E-state index contributed by atoms with van der Waals surface area (Å²) in [5.74, 6) is 0. The third-order valence-corrected chi connectivity index (χ3v) is 0.785. The molecular formula is C7H10N2.